The summed E-state index contributed by atoms with van der Waals surface area (Å²) in [7, 11) is 4.74. The van der Waals surface area contributed by atoms with Gasteiger partial charge in [0.05, 0.1) is 20.6 Å². The summed E-state index contributed by atoms with van der Waals surface area (Å²) in [5.41, 5.74) is 1.46. The molecule has 179 valence electrons. The van der Waals surface area contributed by atoms with Crippen LogP contribution in [0.4, 0.5) is 0 Å². The molecule has 0 atom stereocenters. The molecule has 1 radical (unpaired) electrons. The number of nitrogens with zero attached hydrogens (tertiary/aromatic N) is 1. The summed E-state index contributed by atoms with van der Waals surface area (Å²) >= 11 is 0. The van der Waals surface area contributed by atoms with Crippen LogP contribution in [-0.2, 0) is 6.54 Å². The van der Waals surface area contributed by atoms with Crippen molar-refractivity contribution in [3.8, 4) is 0 Å². The van der Waals surface area contributed by atoms with E-state index in [0.717, 1.165) is 11.0 Å². The second kappa shape index (κ2) is 20.0. The lowest BCUT2D eigenvalue weighted by atomic mass is 10.0. The van der Waals surface area contributed by atoms with Crippen molar-refractivity contribution in [2.45, 2.75) is 103 Å². The topological polar surface area (TPSA) is 0 Å². The molecule has 0 saturated carbocycles. The van der Waals surface area contributed by atoms with E-state index in [1.165, 1.54) is 102 Å². The number of hydrogen-bond acceptors (Lipinski definition) is 0. The van der Waals surface area contributed by atoms with Crippen LogP contribution in [0.3, 0.4) is 0 Å². The Hall–Kier alpha value is -1.60. The minimum absolute atomic E-state index is 1.11. The van der Waals surface area contributed by atoms with E-state index in [0.29, 0.717) is 0 Å². The normalized spacial score (nSPS) is 11.1. The molecular weight excluding hydrogens is 386 g/mol. The molecule has 0 spiro atoms. The van der Waals surface area contributed by atoms with E-state index in [4.69, 9.17) is 0 Å². The zero-order valence-corrected chi connectivity index (χ0v) is 21.5. The van der Waals surface area contributed by atoms with Crippen LogP contribution in [0.1, 0.15) is 102 Å². The zero-order chi connectivity index (χ0) is 23.2. The van der Waals surface area contributed by atoms with Gasteiger partial charge in [0.25, 0.3) is 0 Å². The third-order valence-electron chi connectivity index (χ3n) is 6.18. The molecule has 0 aromatic heterocycles. The van der Waals surface area contributed by atoms with Gasteiger partial charge in [0.1, 0.15) is 6.54 Å². The van der Waals surface area contributed by atoms with Gasteiger partial charge in [-0.05, 0) is 18.9 Å². The van der Waals surface area contributed by atoms with Crippen molar-refractivity contribution in [2.75, 3.05) is 20.6 Å². The van der Waals surface area contributed by atoms with E-state index in [1.807, 2.05) is 30.3 Å². The molecule has 0 saturated heterocycles. The fraction of sp³-hybridized carbons (Fsp3) is 0.613. The molecule has 0 aliphatic heterocycles. The third kappa shape index (κ3) is 18.0. The van der Waals surface area contributed by atoms with Crippen molar-refractivity contribution >= 4 is 0 Å². The standard InChI is InChI=1S/C25H46N.C6H5/c1-4-5-6-7-8-9-10-11-12-13-14-15-16-20-23-26(2,3)24-25-21-18-17-19-22-25;1-2-4-6-5-3-1/h17-19,21-22H,4-16,20,23-24H2,1-3H3;1-5H/q+1;. The molecular formula is C31H51N+. The first-order valence-electron chi connectivity index (χ1n) is 13.4. The highest BCUT2D eigenvalue weighted by molar-refractivity contribution is 5.13. The quantitative estimate of drug-likeness (QED) is 0.171. The Bertz CT molecular complexity index is 578. The number of unbranched alkanes of at least 4 members (excludes halogenated alkanes) is 13. The number of benzene rings is 2. The van der Waals surface area contributed by atoms with Crippen LogP contribution in [-0.4, -0.2) is 25.1 Å². The highest BCUT2D eigenvalue weighted by Crippen LogP contribution is 2.15. The molecule has 1 nitrogen and oxygen atoms in total. The molecule has 1 heteroatoms. The molecule has 2 aromatic rings. The van der Waals surface area contributed by atoms with Gasteiger partial charge in [-0.25, -0.2) is 0 Å². The van der Waals surface area contributed by atoms with Crippen molar-refractivity contribution in [3.05, 3.63) is 72.3 Å². The number of rotatable bonds is 17. The van der Waals surface area contributed by atoms with Gasteiger partial charge in [0.2, 0.25) is 0 Å². The van der Waals surface area contributed by atoms with E-state index in [2.05, 4.69) is 57.4 Å². The molecule has 0 unspecified atom stereocenters. The maximum absolute atomic E-state index is 2.89. The largest absolute Gasteiger partial charge is 0.325 e. The Morgan fingerprint density at radius 1 is 0.562 bits per heavy atom. The first-order valence-corrected chi connectivity index (χ1v) is 13.4. The van der Waals surface area contributed by atoms with E-state index in [-0.39, 0.29) is 0 Å². The van der Waals surface area contributed by atoms with Gasteiger partial charge in [0, 0.05) is 5.56 Å². The van der Waals surface area contributed by atoms with Crippen molar-refractivity contribution in [1.29, 1.82) is 0 Å². The maximum atomic E-state index is 2.89. The molecule has 2 aromatic carbocycles. The molecule has 0 N–H and O–H groups in total. The van der Waals surface area contributed by atoms with E-state index in [1.54, 1.807) is 0 Å². The van der Waals surface area contributed by atoms with Gasteiger partial charge < -0.3 is 4.48 Å². The average Bonchev–Trinajstić information content (AvgIpc) is 2.81. The van der Waals surface area contributed by atoms with Gasteiger partial charge in [0.15, 0.2) is 0 Å². The summed E-state index contributed by atoms with van der Waals surface area (Å²) in [6.45, 7) is 4.75. The van der Waals surface area contributed by atoms with Gasteiger partial charge in [-0.3, -0.25) is 0 Å². The van der Waals surface area contributed by atoms with Crippen LogP contribution >= 0.6 is 0 Å². The van der Waals surface area contributed by atoms with Crippen LogP contribution in [0.25, 0.3) is 0 Å². The minimum Gasteiger partial charge on any atom is -0.325 e. The molecule has 0 amide bonds. The van der Waals surface area contributed by atoms with Crippen molar-refractivity contribution in [1.82, 2.24) is 0 Å². The fourth-order valence-electron chi connectivity index (χ4n) is 4.23. The summed E-state index contributed by atoms with van der Waals surface area (Å²) in [5, 5.41) is 0. The van der Waals surface area contributed by atoms with Gasteiger partial charge >= 0.3 is 0 Å². The first-order chi connectivity index (χ1) is 15.6. The summed E-state index contributed by atoms with van der Waals surface area (Å²) < 4.78 is 1.11. The highest BCUT2D eigenvalue weighted by Gasteiger charge is 2.14. The Labute approximate surface area is 200 Å². The summed E-state index contributed by atoms with van der Waals surface area (Å²) in [6.07, 6.45) is 20.2. The van der Waals surface area contributed by atoms with Gasteiger partial charge in [-0.15, -0.1) is 0 Å². The van der Waals surface area contributed by atoms with E-state index >= 15 is 0 Å². The second-order valence-electron chi connectivity index (χ2n) is 9.98. The SMILES string of the molecule is CCCCCCCCCCCCCCCC[N+](C)(C)Cc1ccccc1.[c]1ccccc1. The lowest BCUT2D eigenvalue weighted by molar-refractivity contribution is -0.903. The van der Waals surface area contributed by atoms with Crippen LogP contribution in [0.15, 0.2) is 60.7 Å². The summed E-state index contributed by atoms with van der Waals surface area (Å²) in [4.78, 5) is 0. The smallest absolute Gasteiger partial charge is 0.104 e. The Morgan fingerprint density at radius 3 is 1.41 bits per heavy atom. The monoisotopic (exact) mass is 437 g/mol. The van der Waals surface area contributed by atoms with Crippen LogP contribution in [0.5, 0.6) is 0 Å². The van der Waals surface area contributed by atoms with E-state index < -0.39 is 0 Å². The average molecular weight is 438 g/mol. The Morgan fingerprint density at radius 2 is 1.00 bits per heavy atom. The minimum atomic E-state index is 1.11. The first kappa shape index (κ1) is 28.4. The molecule has 0 fully saturated rings. The lowest BCUT2D eigenvalue weighted by Crippen LogP contribution is -2.39. The Balaban J connectivity index is 0.000000730. The molecule has 0 bridgehead atoms. The van der Waals surface area contributed by atoms with Crippen molar-refractivity contribution in [3.63, 3.8) is 0 Å². The molecule has 2 rings (SSSR count). The molecule has 0 aliphatic carbocycles. The fourth-order valence-corrected chi connectivity index (χ4v) is 4.23. The van der Waals surface area contributed by atoms with Gasteiger partial charge in [-0.1, -0.05) is 145 Å². The van der Waals surface area contributed by atoms with Gasteiger partial charge in [-0.2, -0.15) is 0 Å². The molecule has 32 heavy (non-hydrogen) atoms. The van der Waals surface area contributed by atoms with Crippen LogP contribution < -0.4 is 0 Å². The number of quaternary nitrogens is 1. The van der Waals surface area contributed by atoms with Crippen LogP contribution in [0.2, 0.25) is 0 Å². The highest BCUT2D eigenvalue weighted by atomic mass is 15.3. The maximum Gasteiger partial charge on any atom is 0.104 e. The molecule has 0 aliphatic rings. The van der Waals surface area contributed by atoms with E-state index in [9.17, 15) is 0 Å². The predicted molar refractivity (Wildman–Crippen MR) is 143 cm³/mol. The second-order valence-corrected chi connectivity index (χ2v) is 9.98. The Kier molecular flexibility index (Phi) is 17.8. The lowest BCUT2D eigenvalue weighted by Gasteiger charge is -2.30. The molecule has 0 heterocycles. The van der Waals surface area contributed by atoms with Crippen LogP contribution in [0, 0.1) is 6.07 Å². The predicted octanol–water partition coefficient (Wildman–Crippen LogP) is 9.23. The summed E-state index contributed by atoms with van der Waals surface area (Å²) in [6, 6.07) is 23.4. The van der Waals surface area contributed by atoms with Crippen molar-refractivity contribution in [2.24, 2.45) is 0 Å². The third-order valence-corrected chi connectivity index (χ3v) is 6.18. The zero-order valence-electron chi connectivity index (χ0n) is 21.5. The van der Waals surface area contributed by atoms with Crippen molar-refractivity contribution < 1.29 is 4.48 Å². The number of hydrogen-bond donors (Lipinski definition) is 0. The summed E-state index contributed by atoms with van der Waals surface area (Å²) in [5.74, 6) is 0.